The summed E-state index contributed by atoms with van der Waals surface area (Å²) >= 11 is 0. The summed E-state index contributed by atoms with van der Waals surface area (Å²) in [6, 6.07) is 0. The monoisotopic (exact) mass is 250 g/mol. The highest BCUT2D eigenvalue weighted by Gasteiger charge is 2.27. The third-order valence-electron chi connectivity index (χ3n) is 3.62. The SMILES string of the molecule is Cn1nc(C(=O)N2CCOCC2)c2c1CCNC2. The number of amides is 1. The number of rotatable bonds is 1. The minimum absolute atomic E-state index is 0.0406. The largest absolute Gasteiger partial charge is 0.378 e. The van der Waals surface area contributed by atoms with Gasteiger partial charge in [-0.05, 0) is 0 Å². The number of hydrogen-bond acceptors (Lipinski definition) is 4. The maximum absolute atomic E-state index is 12.5. The summed E-state index contributed by atoms with van der Waals surface area (Å²) in [6.07, 6.45) is 0.940. The molecule has 98 valence electrons. The molecule has 1 amide bonds. The molecule has 6 nitrogen and oxygen atoms in total. The molecule has 0 saturated carbocycles. The van der Waals surface area contributed by atoms with E-state index >= 15 is 0 Å². The summed E-state index contributed by atoms with van der Waals surface area (Å²) in [6.45, 7) is 4.28. The quantitative estimate of drug-likeness (QED) is 0.732. The summed E-state index contributed by atoms with van der Waals surface area (Å²) in [4.78, 5) is 14.3. The first-order chi connectivity index (χ1) is 8.77. The molecule has 0 atom stereocenters. The average Bonchev–Trinajstić information content (AvgIpc) is 2.77. The zero-order chi connectivity index (χ0) is 12.5. The number of nitrogens with zero attached hydrogens (tertiary/aromatic N) is 3. The Labute approximate surface area is 106 Å². The first kappa shape index (κ1) is 11.7. The van der Waals surface area contributed by atoms with Crippen molar-refractivity contribution < 1.29 is 9.53 Å². The molecule has 18 heavy (non-hydrogen) atoms. The Morgan fingerprint density at radius 1 is 1.39 bits per heavy atom. The summed E-state index contributed by atoms with van der Waals surface area (Å²) in [5.41, 5.74) is 2.87. The highest BCUT2D eigenvalue weighted by Crippen LogP contribution is 2.19. The van der Waals surface area contributed by atoms with Crippen LogP contribution >= 0.6 is 0 Å². The summed E-state index contributed by atoms with van der Waals surface area (Å²) in [7, 11) is 1.92. The number of carbonyl (C=O) groups excluding carboxylic acids is 1. The first-order valence-electron chi connectivity index (χ1n) is 6.40. The van der Waals surface area contributed by atoms with Crippen LogP contribution in [0.1, 0.15) is 21.7 Å². The van der Waals surface area contributed by atoms with E-state index in [2.05, 4.69) is 10.4 Å². The van der Waals surface area contributed by atoms with Crippen molar-refractivity contribution in [1.29, 1.82) is 0 Å². The van der Waals surface area contributed by atoms with Gasteiger partial charge in [0, 0.05) is 50.9 Å². The lowest BCUT2D eigenvalue weighted by atomic mass is 10.1. The van der Waals surface area contributed by atoms with Crippen LogP contribution in [0.15, 0.2) is 0 Å². The number of nitrogens with one attached hydrogen (secondary N) is 1. The van der Waals surface area contributed by atoms with Crippen LogP contribution in [-0.4, -0.2) is 53.4 Å². The molecule has 1 aromatic heterocycles. The minimum Gasteiger partial charge on any atom is -0.378 e. The van der Waals surface area contributed by atoms with Gasteiger partial charge in [0.15, 0.2) is 5.69 Å². The van der Waals surface area contributed by atoms with Crippen LogP contribution in [0, 0.1) is 0 Å². The Hall–Kier alpha value is -1.40. The summed E-state index contributed by atoms with van der Waals surface area (Å²) in [5.74, 6) is 0.0406. The van der Waals surface area contributed by atoms with Crippen molar-refractivity contribution in [2.75, 3.05) is 32.8 Å². The second-order valence-corrected chi connectivity index (χ2v) is 4.73. The third kappa shape index (κ3) is 1.91. The molecule has 0 aliphatic carbocycles. The van der Waals surface area contributed by atoms with Crippen LogP contribution in [0.25, 0.3) is 0 Å². The van der Waals surface area contributed by atoms with E-state index < -0.39 is 0 Å². The molecule has 6 heteroatoms. The van der Waals surface area contributed by atoms with Crippen LogP contribution in [-0.2, 0) is 24.8 Å². The van der Waals surface area contributed by atoms with Crippen LogP contribution in [0.5, 0.6) is 0 Å². The van der Waals surface area contributed by atoms with Gasteiger partial charge in [-0.1, -0.05) is 0 Å². The molecule has 2 aliphatic rings. The van der Waals surface area contributed by atoms with Gasteiger partial charge in [0.25, 0.3) is 5.91 Å². The zero-order valence-corrected chi connectivity index (χ0v) is 10.6. The molecule has 0 radical (unpaired) electrons. The van der Waals surface area contributed by atoms with Crippen molar-refractivity contribution in [1.82, 2.24) is 20.0 Å². The number of hydrogen-bond donors (Lipinski definition) is 1. The number of morpholine rings is 1. The first-order valence-corrected chi connectivity index (χ1v) is 6.40. The van der Waals surface area contributed by atoms with Crippen LogP contribution < -0.4 is 5.32 Å². The second kappa shape index (κ2) is 4.70. The van der Waals surface area contributed by atoms with E-state index in [-0.39, 0.29) is 5.91 Å². The number of aryl methyl sites for hydroxylation is 1. The van der Waals surface area contributed by atoms with Crippen molar-refractivity contribution in [3.63, 3.8) is 0 Å². The smallest absolute Gasteiger partial charge is 0.274 e. The highest BCUT2D eigenvalue weighted by molar-refractivity contribution is 5.94. The number of aromatic nitrogens is 2. The Morgan fingerprint density at radius 2 is 2.17 bits per heavy atom. The van der Waals surface area contributed by atoms with Crippen LogP contribution in [0.3, 0.4) is 0 Å². The lowest BCUT2D eigenvalue weighted by Crippen LogP contribution is -2.41. The molecule has 1 aromatic rings. The Balaban J connectivity index is 1.89. The van der Waals surface area contributed by atoms with Crippen molar-refractivity contribution >= 4 is 5.91 Å². The molecular formula is C12H18N4O2. The van der Waals surface area contributed by atoms with Gasteiger partial charge in [-0.15, -0.1) is 0 Å². The van der Waals surface area contributed by atoms with E-state index in [1.807, 2.05) is 16.6 Å². The number of fused-ring (bicyclic) bond motifs is 1. The van der Waals surface area contributed by atoms with Crippen molar-refractivity contribution in [3.05, 3.63) is 17.0 Å². The zero-order valence-electron chi connectivity index (χ0n) is 10.6. The van der Waals surface area contributed by atoms with Crippen LogP contribution in [0.4, 0.5) is 0 Å². The van der Waals surface area contributed by atoms with Gasteiger partial charge >= 0.3 is 0 Å². The molecule has 1 saturated heterocycles. The molecule has 0 spiro atoms. The van der Waals surface area contributed by atoms with Crippen molar-refractivity contribution in [2.24, 2.45) is 7.05 Å². The molecule has 0 unspecified atom stereocenters. The van der Waals surface area contributed by atoms with Crippen molar-refractivity contribution in [3.8, 4) is 0 Å². The topological polar surface area (TPSA) is 59.4 Å². The number of ether oxygens (including phenoxy) is 1. The maximum atomic E-state index is 12.5. The van der Waals surface area contributed by atoms with E-state index in [0.29, 0.717) is 32.0 Å². The van der Waals surface area contributed by atoms with E-state index in [1.54, 1.807) is 0 Å². The summed E-state index contributed by atoms with van der Waals surface area (Å²) < 4.78 is 7.12. The molecule has 1 N–H and O–H groups in total. The second-order valence-electron chi connectivity index (χ2n) is 4.73. The van der Waals surface area contributed by atoms with Gasteiger partial charge in [0.1, 0.15) is 0 Å². The fourth-order valence-corrected chi connectivity index (χ4v) is 2.61. The van der Waals surface area contributed by atoms with Gasteiger partial charge in [0.2, 0.25) is 0 Å². The number of carbonyl (C=O) groups is 1. The van der Waals surface area contributed by atoms with E-state index in [1.165, 1.54) is 5.69 Å². The van der Waals surface area contributed by atoms with Gasteiger partial charge < -0.3 is 15.0 Å². The molecule has 0 aromatic carbocycles. The Kier molecular flexibility index (Phi) is 3.05. The Bertz CT molecular complexity index is 463. The highest BCUT2D eigenvalue weighted by atomic mass is 16.5. The Morgan fingerprint density at radius 3 is 2.94 bits per heavy atom. The lowest BCUT2D eigenvalue weighted by Gasteiger charge is -2.26. The minimum atomic E-state index is 0.0406. The predicted octanol–water partition coefficient (Wildman–Crippen LogP) is -0.462. The average molecular weight is 250 g/mol. The van der Waals surface area contributed by atoms with Gasteiger partial charge in [0.05, 0.1) is 13.2 Å². The van der Waals surface area contributed by atoms with Crippen LogP contribution in [0.2, 0.25) is 0 Å². The van der Waals surface area contributed by atoms with Gasteiger partial charge in [-0.2, -0.15) is 5.10 Å². The molecule has 3 heterocycles. The van der Waals surface area contributed by atoms with Gasteiger partial charge in [-0.25, -0.2) is 0 Å². The fraction of sp³-hybridized carbons (Fsp3) is 0.667. The van der Waals surface area contributed by atoms with Crippen molar-refractivity contribution in [2.45, 2.75) is 13.0 Å². The van der Waals surface area contributed by atoms with Gasteiger partial charge in [-0.3, -0.25) is 9.48 Å². The molecule has 3 rings (SSSR count). The van der Waals surface area contributed by atoms with E-state index in [4.69, 9.17) is 4.74 Å². The predicted molar refractivity (Wildman–Crippen MR) is 65.3 cm³/mol. The maximum Gasteiger partial charge on any atom is 0.274 e. The molecule has 0 bridgehead atoms. The molecular weight excluding hydrogens is 232 g/mol. The van der Waals surface area contributed by atoms with E-state index in [9.17, 15) is 4.79 Å². The standard InChI is InChI=1S/C12H18N4O2/c1-15-10-2-3-13-8-9(10)11(14-15)12(17)16-4-6-18-7-5-16/h13H,2-8H2,1H3. The third-order valence-corrected chi connectivity index (χ3v) is 3.62. The molecule has 1 fully saturated rings. The molecule has 2 aliphatic heterocycles. The summed E-state index contributed by atoms with van der Waals surface area (Å²) in [5, 5.41) is 7.72. The fourth-order valence-electron chi connectivity index (χ4n) is 2.61. The lowest BCUT2D eigenvalue weighted by molar-refractivity contribution is 0.0297. The van der Waals surface area contributed by atoms with E-state index in [0.717, 1.165) is 25.1 Å². The normalized spacial score (nSPS) is 19.7.